The Balaban J connectivity index is 2.86. The number of phenols is 1. The fourth-order valence-electron chi connectivity index (χ4n) is 1.41. The topological polar surface area (TPSA) is 29.5 Å². The highest BCUT2D eigenvalue weighted by Gasteiger charge is 2.09. The lowest BCUT2D eigenvalue weighted by molar-refractivity contribution is 0.370. The van der Waals surface area contributed by atoms with Crippen molar-refractivity contribution < 1.29 is 9.84 Å². The van der Waals surface area contributed by atoms with Gasteiger partial charge < -0.3 is 9.84 Å². The lowest BCUT2D eigenvalue weighted by Crippen LogP contribution is -1.90. The van der Waals surface area contributed by atoms with E-state index in [2.05, 4.69) is 6.58 Å². The first-order chi connectivity index (χ1) is 7.19. The van der Waals surface area contributed by atoms with Crippen molar-refractivity contribution in [3.63, 3.8) is 0 Å². The molecule has 0 spiro atoms. The molecule has 3 heteroatoms. The van der Waals surface area contributed by atoms with Gasteiger partial charge in [0.25, 0.3) is 0 Å². The monoisotopic (exact) mass is 226 g/mol. The maximum atomic E-state index is 9.80. The summed E-state index contributed by atoms with van der Waals surface area (Å²) in [5.74, 6) is 0.613. The van der Waals surface area contributed by atoms with Gasteiger partial charge in [0.05, 0.1) is 7.11 Å². The number of allylic oxidation sites excluding steroid dienone is 1. The maximum Gasteiger partial charge on any atom is 0.162 e. The fraction of sp³-hybridized carbons (Fsp3) is 0.333. The van der Waals surface area contributed by atoms with E-state index in [-0.39, 0.29) is 5.75 Å². The van der Waals surface area contributed by atoms with Crippen LogP contribution in [0.5, 0.6) is 11.5 Å². The lowest BCUT2D eigenvalue weighted by Gasteiger charge is -2.09. The highest BCUT2D eigenvalue weighted by molar-refractivity contribution is 6.30. The van der Waals surface area contributed by atoms with Crippen LogP contribution in [0.1, 0.15) is 18.4 Å². The van der Waals surface area contributed by atoms with Crippen molar-refractivity contribution in [2.75, 3.05) is 7.11 Å². The minimum Gasteiger partial charge on any atom is -0.504 e. The van der Waals surface area contributed by atoms with E-state index in [4.69, 9.17) is 16.3 Å². The number of aryl methyl sites for hydroxylation is 1. The van der Waals surface area contributed by atoms with E-state index in [0.29, 0.717) is 10.8 Å². The van der Waals surface area contributed by atoms with Gasteiger partial charge in [0, 0.05) is 11.1 Å². The molecule has 0 radical (unpaired) electrons. The number of ether oxygens (including phenoxy) is 1. The first kappa shape index (κ1) is 11.9. The molecule has 1 rings (SSSR count). The number of methoxy groups -OCH3 is 1. The molecule has 0 fully saturated rings. The number of benzene rings is 1. The third kappa shape index (κ3) is 3.17. The quantitative estimate of drug-likeness (QED) is 0.615. The Morgan fingerprint density at radius 2 is 2.27 bits per heavy atom. The van der Waals surface area contributed by atoms with Gasteiger partial charge in [0.15, 0.2) is 11.5 Å². The van der Waals surface area contributed by atoms with Crippen molar-refractivity contribution in [2.24, 2.45) is 0 Å². The zero-order chi connectivity index (χ0) is 11.3. The highest BCUT2D eigenvalue weighted by Crippen LogP contribution is 2.34. The number of rotatable bonds is 5. The molecule has 0 aromatic heterocycles. The van der Waals surface area contributed by atoms with Gasteiger partial charge in [-0.15, -0.1) is 6.58 Å². The Morgan fingerprint density at radius 3 is 2.87 bits per heavy atom. The summed E-state index contributed by atoms with van der Waals surface area (Å²) in [6, 6.07) is 3.37. The van der Waals surface area contributed by atoms with Crippen LogP contribution in [-0.2, 0) is 6.42 Å². The third-order valence-electron chi connectivity index (χ3n) is 2.19. The summed E-state index contributed by atoms with van der Waals surface area (Å²) in [5.41, 5.74) is 0.821. The number of unbranched alkanes of at least 4 members (excludes halogenated alkanes) is 1. The van der Waals surface area contributed by atoms with Gasteiger partial charge in [0.1, 0.15) is 0 Å². The van der Waals surface area contributed by atoms with Gasteiger partial charge in [-0.1, -0.05) is 17.7 Å². The molecule has 0 aliphatic rings. The zero-order valence-electron chi connectivity index (χ0n) is 8.79. The van der Waals surface area contributed by atoms with Gasteiger partial charge in [-0.2, -0.15) is 0 Å². The smallest absolute Gasteiger partial charge is 0.162 e. The van der Waals surface area contributed by atoms with Crippen LogP contribution in [0.3, 0.4) is 0 Å². The van der Waals surface area contributed by atoms with Crippen molar-refractivity contribution in [1.82, 2.24) is 0 Å². The van der Waals surface area contributed by atoms with Gasteiger partial charge >= 0.3 is 0 Å². The van der Waals surface area contributed by atoms with E-state index in [1.54, 1.807) is 12.1 Å². The summed E-state index contributed by atoms with van der Waals surface area (Å²) in [6.45, 7) is 3.65. The minimum atomic E-state index is 0.186. The molecule has 1 aromatic rings. The first-order valence-corrected chi connectivity index (χ1v) is 5.23. The summed E-state index contributed by atoms with van der Waals surface area (Å²) in [7, 11) is 1.51. The van der Waals surface area contributed by atoms with E-state index in [0.717, 1.165) is 24.8 Å². The predicted octanol–water partition coefficient (Wildman–Crippen LogP) is 3.56. The van der Waals surface area contributed by atoms with E-state index in [1.165, 1.54) is 7.11 Å². The van der Waals surface area contributed by atoms with Crippen LogP contribution in [0, 0.1) is 0 Å². The molecule has 1 N–H and O–H groups in total. The average molecular weight is 227 g/mol. The molecular formula is C12H15ClO2. The van der Waals surface area contributed by atoms with E-state index >= 15 is 0 Å². The number of aromatic hydroxyl groups is 1. The maximum absolute atomic E-state index is 9.80. The van der Waals surface area contributed by atoms with Crippen molar-refractivity contribution in [1.29, 1.82) is 0 Å². The molecule has 0 aliphatic carbocycles. The molecule has 2 nitrogen and oxygen atoms in total. The van der Waals surface area contributed by atoms with Crippen LogP contribution < -0.4 is 4.74 Å². The van der Waals surface area contributed by atoms with Gasteiger partial charge in [-0.05, 0) is 30.9 Å². The molecule has 0 saturated carbocycles. The first-order valence-electron chi connectivity index (χ1n) is 4.85. The highest BCUT2D eigenvalue weighted by atomic mass is 35.5. The second-order valence-corrected chi connectivity index (χ2v) is 3.73. The molecule has 0 heterocycles. The van der Waals surface area contributed by atoms with Crippen molar-refractivity contribution in [3.8, 4) is 11.5 Å². The fourth-order valence-corrected chi connectivity index (χ4v) is 1.64. The number of hydrogen-bond donors (Lipinski definition) is 1. The Kier molecular flexibility index (Phi) is 4.50. The Morgan fingerprint density at radius 1 is 1.53 bits per heavy atom. The molecule has 0 bridgehead atoms. The van der Waals surface area contributed by atoms with Gasteiger partial charge in [0.2, 0.25) is 0 Å². The number of phenolic OH excluding ortho intramolecular Hbond substituents is 1. The standard InChI is InChI=1S/C12H15ClO2/c1-3-4-5-6-9-7-10(13)8-11(15-2)12(9)14/h3,7-8,14H,1,4-6H2,2H3. The SMILES string of the molecule is C=CCCCc1cc(Cl)cc(OC)c1O. The molecule has 82 valence electrons. The molecule has 0 unspecified atom stereocenters. The Hall–Kier alpha value is -1.15. The van der Waals surface area contributed by atoms with Crippen LogP contribution in [0.15, 0.2) is 24.8 Å². The van der Waals surface area contributed by atoms with Crippen LogP contribution >= 0.6 is 11.6 Å². The van der Waals surface area contributed by atoms with Crippen molar-refractivity contribution >= 4 is 11.6 Å². The molecule has 0 aliphatic heterocycles. The lowest BCUT2D eigenvalue weighted by atomic mass is 10.1. The average Bonchev–Trinajstić information content (AvgIpc) is 2.23. The Bertz CT molecular complexity index is 348. The Labute approximate surface area is 95.1 Å². The molecule has 0 atom stereocenters. The van der Waals surface area contributed by atoms with E-state index in [1.807, 2.05) is 6.08 Å². The zero-order valence-corrected chi connectivity index (χ0v) is 9.55. The summed E-state index contributed by atoms with van der Waals surface area (Å²) in [6.07, 6.45) is 4.50. The van der Waals surface area contributed by atoms with E-state index < -0.39 is 0 Å². The summed E-state index contributed by atoms with van der Waals surface area (Å²) < 4.78 is 5.02. The van der Waals surface area contributed by atoms with Crippen LogP contribution in [0.2, 0.25) is 5.02 Å². The normalized spacial score (nSPS) is 10.0. The molecule has 0 saturated heterocycles. The summed E-state index contributed by atoms with van der Waals surface area (Å²) in [4.78, 5) is 0. The summed E-state index contributed by atoms with van der Waals surface area (Å²) in [5, 5.41) is 10.4. The number of halogens is 1. The van der Waals surface area contributed by atoms with Gasteiger partial charge in [-0.25, -0.2) is 0 Å². The molecular weight excluding hydrogens is 212 g/mol. The third-order valence-corrected chi connectivity index (χ3v) is 2.41. The van der Waals surface area contributed by atoms with Crippen LogP contribution in [0.25, 0.3) is 0 Å². The van der Waals surface area contributed by atoms with Crippen molar-refractivity contribution in [2.45, 2.75) is 19.3 Å². The second kappa shape index (κ2) is 5.66. The van der Waals surface area contributed by atoms with E-state index in [9.17, 15) is 5.11 Å². The molecule has 15 heavy (non-hydrogen) atoms. The molecule has 1 aromatic carbocycles. The minimum absolute atomic E-state index is 0.186. The second-order valence-electron chi connectivity index (χ2n) is 3.30. The van der Waals surface area contributed by atoms with Crippen LogP contribution in [-0.4, -0.2) is 12.2 Å². The van der Waals surface area contributed by atoms with Gasteiger partial charge in [-0.3, -0.25) is 0 Å². The molecule has 0 amide bonds. The number of hydrogen-bond acceptors (Lipinski definition) is 2. The summed E-state index contributed by atoms with van der Waals surface area (Å²) >= 11 is 5.90. The largest absolute Gasteiger partial charge is 0.504 e. The van der Waals surface area contributed by atoms with Crippen molar-refractivity contribution in [3.05, 3.63) is 35.4 Å². The predicted molar refractivity (Wildman–Crippen MR) is 62.8 cm³/mol. The van der Waals surface area contributed by atoms with Crippen LogP contribution in [0.4, 0.5) is 0 Å².